The van der Waals surface area contributed by atoms with E-state index < -0.39 is 0 Å². The van der Waals surface area contributed by atoms with Gasteiger partial charge in [0.15, 0.2) is 0 Å². The van der Waals surface area contributed by atoms with Crippen molar-refractivity contribution in [2.24, 2.45) is 11.8 Å². The fourth-order valence-corrected chi connectivity index (χ4v) is 2.49. The van der Waals surface area contributed by atoms with Gasteiger partial charge in [-0.05, 0) is 45.2 Å². The molecule has 0 aromatic carbocycles. The van der Waals surface area contributed by atoms with Gasteiger partial charge >= 0.3 is 0 Å². The number of nitrogens with zero attached hydrogens (tertiary/aromatic N) is 1. The fourth-order valence-electron chi connectivity index (χ4n) is 2.49. The summed E-state index contributed by atoms with van der Waals surface area (Å²) in [5, 5.41) is 3.56. The first kappa shape index (κ1) is 17.0. The Hall–Kier alpha value is -1.09. The second kappa shape index (κ2) is 8.25. The van der Waals surface area contributed by atoms with E-state index in [1.807, 2.05) is 13.1 Å². The molecule has 0 spiro atoms. The zero-order valence-corrected chi connectivity index (χ0v) is 13.9. The smallest absolute Gasteiger partial charge is 0.128 e. The zero-order valence-electron chi connectivity index (χ0n) is 13.9. The Morgan fingerprint density at radius 2 is 1.95 bits per heavy atom. The van der Waals surface area contributed by atoms with E-state index in [1.54, 1.807) is 7.11 Å². The molecule has 1 rings (SSSR count). The molecule has 0 saturated heterocycles. The van der Waals surface area contributed by atoms with Crippen molar-refractivity contribution in [2.75, 3.05) is 20.2 Å². The molecule has 1 unspecified atom stereocenters. The third kappa shape index (κ3) is 4.78. The van der Waals surface area contributed by atoms with E-state index in [4.69, 9.17) is 4.74 Å². The van der Waals surface area contributed by atoms with Crippen LogP contribution in [0.1, 0.15) is 44.0 Å². The number of methoxy groups -OCH3 is 1. The van der Waals surface area contributed by atoms with Gasteiger partial charge in [-0.3, -0.25) is 4.98 Å². The van der Waals surface area contributed by atoms with Gasteiger partial charge in [-0.1, -0.05) is 27.2 Å². The average Bonchev–Trinajstić information content (AvgIpc) is 2.40. The molecule has 3 heteroatoms. The third-order valence-corrected chi connectivity index (χ3v) is 3.79. The summed E-state index contributed by atoms with van der Waals surface area (Å²) in [6.45, 7) is 13.0. The van der Waals surface area contributed by atoms with E-state index in [2.05, 4.69) is 38.0 Å². The van der Waals surface area contributed by atoms with Gasteiger partial charge in [-0.25, -0.2) is 0 Å². The number of rotatable bonds is 8. The molecule has 0 fully saturated rings. The second-order valence-corrected chi connectivity index (χ2v) is 6.08. The maximum absolute atomic E-state index is 5.49. The predicted molar refractivity (Wildman–Crippen MR) is 85.5 cm³/mol. The number of aromatic nitrogens is 1. The van der Waals surface area contributed by atoms with Crippen LogP contribution in [-0.2, 0) is 6.42 Å². The number of ether oxygens (including phenoxy) is 1. The minimum absolute atomic E-state index is 0.632. The van der Waals surface area contributed by atoms with Crippen LogP contribution < -0.4 is 10.1 Å². The molecule has 1 N–H and O–H groups in total. The first-order chi connectivity index (χ1) is 9.49. The summed E-state index contributed by atoms with van der Waals surface area (Å²) in [4.78, 5) is 4.61. The van der Waals surface area contributed by atoms with Crippen molar-refractivity contribution >= 4 is 0 Å². The number of hydrogen-bond acceptors (Lipinski definition) is 3. The van der Waals surface area contributed by atoms with Crippen LogP contribution in [0.3, 0.4) is 0 Å². The fraction of sp³-hybridized carbons (Fsp3) is 0.706. The SMILES string of the molecule is CCC(CNCC(C)C)Cc1ncc(C)c(OC)c1C. The molecule has 0 aliphatic carbocycles. The van der Waals surface area contributed by atoms with Gasteiger partial charge < -0.3 is 10.1 Å². The molecule has 1 aromatic heterocycles. The summed E-state index contributed by atoms with van der Waals surface area (Å²) < 4.78 is 5.49. The minimum atomic E-state index is 0.632. The van der Waals surface area contributed by atoms with Crippen LogP contribution in [-0.4, -0.2) is 25.2 Å². The van der Waals surface area contributed by atoms with Crippen molar-refractivity contribution in [1.29, 1.82) is 0 Å². The summed E-state index contributed by atoms with van der Waals surface area (Å²) in [7, 11) is 1.74. The Balaban J connectivity index is 2.70. The first-order valence-electron chi connectivity index (χ1n) is 7.69. The predicted octanol–water partition coefficient (Wildman–Crippen LogP) is 3.52. The van der Waals surface area contributed by atoms with Crippen molar-refractivity contribution in [1.82, 2.24) is 10.3 Å². The first-order valence-corrected chi connectivity index (χ1v) is 7.69. The molecule has 114 valence electrons. The lowest BCUT2D eigenvalue weighted by molar-refractivity contribution is 0.403. The molecule has 0 aliphatic rings. The lowest BCUT2D eigenvalue weighted by Gasteiger charge is -2.19. The van der Waals surface area contributed by atoms with E-state index in [-0.39, 0.29) is 0 Å². The quantitative estimate of drug-likeness (QED) is 0.790. The minimum Gasteiger partial charge on any atom is -0.496 e. The van der Waals surface area contributed by atoms with Crippen LogP contribution in [0.25, 0.3) is 0 Å². The van der Waals surface area contributed by atoms with Gasteiger partial charge in [-0.15, -0.1) is 0 Å². The van der Waals surface area contributed by atoms with Gasteiger partial charge in [0.05, 0.1) is 7.11 Å². The third-order valence-electron chi connectivity index (χ3n) is 3.79. The van der Waals surface area contributed by atoms with E-state index >= 15 is 0 Å². The van der Waals surface area contributed by atoms with Gasteiger partial charge in [0.25, 0.3) is 0 Å². The van der Waals surface area contributed by atoms with Crippen LogP contribution in [0.2, 0.25) is 0 Å². The molecular formula is C17H30N2O. The molecule has 20 heavy (non-hydrogen) atoms. The lowest BCUT2D eigenvalue weighted by Crippen LogP contribution is -2.27. The molecule has 1 heterocycles. The van der Waals surface area contributed by atoms with Crippen molar-refractivity contribution < 1.29 is 4.74 Å². The van der Waals surface area contributed by atoms with Crippen LogP contribution in [0, 0.1) is 25.7 Å². The van der Waals surface area contributed by atoms with Gasteiger partial charge in [0.1, 0.15) is 5.75 Å². The Morgan fingerprint density at radius 3 is 2.50 bits per heavy atom. The molecule has 1 atom stereocenters. The van der Waals surface area contributed by atoms with Crippen LogP contribution in [0.5, 0.6) is 5.75 Å². The van der Waals surface area contributed by atoms with E-state index in [9.17, 15) is 0 Å². The normalized spacial score (nSPS) is 12.8. The van der Waals surface area contributed by atoms with Crippen molar-refractivity contribution in [3.8, 4) is 5.75 Å². The maximum atomic E-state index is 5.49. The van der Waals surface area contributed by atoms with Crippen molar-refractivity contribution in [3.05, 3.63) is 23.0 Å². The summed E-state index contributed by atoms with van der Waals surface area (Å²) in [6.07, 6.45) is 4.11. The van der Waals surface area contributed by atoms with Gasteiger partial charge in [0, 0.05) is 23.0 Å². The Labute approximate surface area is 124 Å². The highest BCUT2D eigenvalue weighted by atomic mass is 16.5. The maximum Gasteiger partial charge on any atom is 0.128 e. The lowest BCUT2D eigenvalue weighted by atomic mass is 9.96. The van der Waals surface area contributed by atoms with Gasteiger partial charge in [-0.2, -0.15) is 0 Å². The average molecular weight is 278 g/mol. The molecule has 0 aliphatic heterocycles. The molecule has 0 bridgehead atoms. The largest absolute Gasteiger partial charge is 0.496 e. The van der Waals surface area contributed by atoms with Crippen molar-refractivity contribution in [2.45, 2.75) is 47.5 Å². The summed E-state index contributed by atoms with van der Waals surface area (Å²) in [5.41, 5.74) is 3.47. The Bertz CT molecular complexity index is 416. The molecule has 0 saturated carbocycles. The number of pyridine rings is 1. The van der Waals surface area contributed by atoms with Crippen molar-refractivity contribution in [3.63, 3.8) is 0 Å². The molecule has 0 amide bonds. The monoisotopic (exact) mass is 278 g/mol. The zero-order chi connectivity index (χ0) is 15.1. The topological polar surface area (TPSA) is 34.2 Å². The highest BCUT2D eigenvalue weighted by Crippen LogP contribution is 2.25. The van der Waals surface area contributed by atoms with E-state index in [0.717, 1.165) is 30.8 Å². The molecular weight excluding hydrogens is 248 g/mol. The number of hydrogen-bond donors (Lipinski definition) is 1. The van der Waals surface area contributed by atoms with Crippen LogP contribution in [0.4, 0.5) is 0 Å². The Kier molecular flexibility index (Phi) is 7.00. The van der Waals surface area contributed by atoms with Crippen LogP contribution in [0.15, 0.2) is 6.20 Å². The summed E-state index contributed by atoms with van der Waals surface area (Å²) in [6, 6.07) is 0. The number of nitrogens with one attached hydrogen (secondary N) is 1. The molecule has 0 radical (unpaired) electrons. The van der Waals surface area contributed by atoms with E-state index in [0.29, 0.717) is 11.8 Å². The highest BCUT2D eigenvalue weighted by Gasteiger charge is 2.14. The van der Waals surface area contributed by atoms with E-state index in [1.165, 1.54) is 17.7 Å². The second-order valence-electron chi connectivity index (χ2n) is 6.08. The van der Waals surface area contributed by atoms with Crippen LogP contribution >= 0.6 is 0 Å². The molecule has 1 aromatic rings. The summed E-state index contributed by atoms with van der Waals surface area (Å²) in [5.74, 6) is 2.32. The standard InChI is InChI=1S/C17H30N2O/c1-7-15(11-18-9-12(2)3)8-16-14(5)17(20-6)13(4)10-19-16/h10,12,15,18H,7-9,11H2,1-6H3. The van der Waals surface area contributed by atoms with Gasteiger partial charge in [0.2, 0.25) is 0 Å². The molecule has 3 nitrogen and oxygen atoms in total. The highest BCUT2D eigenvalue weighted by molar-refractivity contribution is 5.41. The number of aryl methyl sites for hydroxylation is 1. The Morgan fingerprint density at radius 1 is 1.25 bits per heavy atom. The summed E-state index contributed by atoms with van der Waals surface area (Å²) >= 11 is 0.